The van der Waals surface area contributed by atoms with Crippen molar-refractivity contribution in [3.63, 3.8) is 0 Å². The van der Waals surface area contributed by atoms with Crippen molar-refractivity contribution < 1.29 is 26.7 Å². The van der Waals surface area contributed by atoms with Gasteiger partial charge in [-0.15, -0.1) is 0 Å². The Morgan fingerprint density at radius 2 is 1.82 bits per heavy atom. The number of rotatable bonds is 5. The SMILES string of the molecule is CC(C)S(=O)(=O)NC1CNC(=O)OC1c1ccc(-c2ccc(F)cc2F)cc1. The number of carbonyl (C=O) groups is 1. The molecule has 1 saturated heterocycles. The lowest BCUT2D eigenvalue weighted by atomic mass is 9.98. The van der Waals surface area contributed by atoms with E-state index in [0.717, 1.165) is 12.1 Å². The molecule has 2 N–H and O–H groups in total. The summed E-state index contributed by atoms with van der Waals surface area (Å²) >= 11 is 0. The van der Waals surface area contributed by atoms with Gasteiger partial charge in [-0.05, 0) is 37.1 Å². The quantitative estimate of drug-likeness (QED) is 0.793. The van der Waals surface area contributed by atoms with Crippen molar-refractivity contribution in [1.29, 1.82) is 0 Å². The van der Waals surface area contributed by atoms with Gasteiger partial charge < -0.3 is 10.1 Å². The Morgan fingerprint density at radius 1 is 1.14 bits per heavy atom. The summed E-state index contributed by atoms with van der Waals surface area (Å²) in [7, 11) is -3.58. The van der Waals surface area contributed by atoms with Crippen LogP contribution in [0.1, 0.15) is 25.5 Å². The Hall–Kier alpha value is -2.52. The number of cyclic esters (lactones) is 1. The summed E-state index contributed by atoms with van der Waals surface area (Å²) < 4.78 is 59.3. The summed E-state index contributed by atoms with van der Waals surface area (Å²) in [4.78, 5) is 11.7. The van der Waals surface area contributed by atoms with Gasteiger partial charge in [0.1, 0.15) is 17.7 Å². The van der Waals surface area contributed by atoms with Gasteiger partial charge in [0.25, 0.3) is 0 Å². The second-order valence-electron chi connectivity index (χ2n) is 6.77. The molecule has 2 aromatic carbocycles. The van der Waals surface area contributed by atoms with Crippen molar-refractivity contribution >= 4 is 16.1 Å². The van der Waals surface area contributed by atoms with Gasteiger partial charge >= 0.3 is 6.09 Å². The van der Waals surface area contributed by atoms with Crippen LogP contribution in [0.4, 0.5) is 13.6 Å². The average molecular weight is 410 g/mol. The van der Waals surface area contributed by atoms with E-state index in [1.807, 2.05) is 0 Å². The molecule has 2 atom stereocenters. The molecule has 0 aliphatic carbocycles. The van der Waals surface area contributed by atoms with Gasteiger partial charge in [0, 0.05) is 18.2 Å². The first-order chi connectivity index (χ1) is 13.2. The smallest absolute Gasteiger partial charge is 0.407 e. The Labute approximate surface area is 162 Å². The zero-order valence-corrected chi connectivity index (χ0v) is 16.1. The molecule has 28 heavy (non-hydrogen) atoms. The first-order valence-corrected chi connectivity index (χ1v) is 10.2. The van der Waals surface area contributed by atoms with E-state index >= 15 is 0 Å². The van der Waals surface area contributed by atoms with Crippen LogP contribution in [0.2, 0.25) is 0 Å². The second-order valence-corrected chi connectivity index (χ2v) is 9.04. The van der Waals surface area contributed by atoms with Crippen LogP contribution < -0.4 is 10.0 Å². The van der Waals surface area contributed by atoms with Gasteiger partial charge in [0.15, 0.2) is 0 Å². The fourth-order valence-corrected chi connectivity index (χ4v) is 3.77. The van der Waals surface area contributed by atoms with E-state index in [1.54, 1.807) is 38.1 Å². The fraction of sp³-hybridized carbons (Fsp3) is 0.316. The van der Waals surface area contributed by atoms with E-state index in [9.17, 15) is 22.0 Å². The summed E-state index contributed by atoms with van der Waals surface area (Å²) in [6.45, 7) is 3.17. The minimum atomic E-state index is -3.58. The largest absolute Gasteiger partial charge is 0.440 e. The van der Waals surface area contributed by atoms with Gasteiger partial charge in [0.2, 0.25) is 10.0 Å². The lowest BCUT2D eigenvalue weighted by Gasteiger charge is -2.32. The first kappa shape index (κ1) is 20.2. The van der Waals surface area contributed by atoms with E-state index in [1.165, 1.54) is 6.07 Å². The molecule has 1 heterocycles. The van der Waals surface area contributed by atoms with Crippen LogP contribution in [0.15, 0.2) is 42.5 Å². The molecule has 1 fully saturated rings. The van der Waals surface area contributed by atoms with Crippen molar-refractivity contribution in [2.75, 3.05) is 6.54 Å². The third kappa shape index (κ3) is 4.31. The van der Waals surface area contributed by atoms with Crippen LogP contribution >= 0.6 is 0 Å². The second kappa shape index (κ2) is 7.84. The lowest BCUT2D eigenvalue weighted by molar-refractivity contribution is 0.0567. The van der Waals surface area contributed by atoms with Crippen LogP contribution in [-0.2, 0) is 14.8 Å². The van der Waals surface area contributed by atoms with Crippen LogP contribution in [0.3, 0.4) is 0 Å². The summed E-state index contributed by atoms with van der Waals surface area (Å²) in [5.41, 5.74) is 1.30. The number of nitrogens with one attached hydrogen (secondary N) is 2. The summed E-state index contributed by atoms with van der Waals surface area (Å²) in [5, 5.41) is 1.83. The molecule has 9 heteroatoms. The van der Waals surface area contributed by atoms with Gasteiger partial charge in [-0.2, -0.15) is 0 Å². The van der Waals surface area contributed by atoms with Crippen molar-refractivity contribution in [3.8, 4) is 11.1 Å². The van der Waals surface area contributed by atoms with Crippen LogP contribution in [-0.4, -0.2) is 32.3 Å². The predicted molar refractivity (Wildman–Crippen MR) is 100.0 cm³/mol. The number of sulfonamides is 1. The highest BCUT2D eigenvalue weighted by atomic mass is 32.2. The molecule has 0 saturated carbocycles. The van der Waals surface area contributed by atoms with Crippen LogP contribution in [0.5, 0.6) is 0 Å². The topological polar surface area (TPSA) is 84.5 Å². The van der Waals surface area contributed by atoms with E-state index < -0.39 is 45.1 Å². The number of amides is 1. The standard InChI is InChI=1S/C19H20F2N2O4S/c1-11(2)28(25,26)23-17-10-22-19(24)27-18(17)13-5-3-12(4-6-13)15-8-7-14(20)9-16(15)21/h3-9,11,17-18,23H,10H2,1-2H3,(H,22,24). The Kier molecular flexibility index (Phi) is 5.66. The van der Waals surface area contributed by atoms with E-state index in [-0.39, 0.29) is 12.1 Å². The number of benzene rings is 2. The van der Waals surface area contributed by atoms with Gasteiger partial charge in [0.05, 0.1) is 11.3 Å². The molecule has 0 radical (unpaired) electrons. The number of alkyl carbamates (subject to hydrolysis) is 1. The van der Waals surface area contributed by atoms with Crippen molar-refractivity contribution in [2.45, 2.75) is 31.2 Å². The van der Waals surface area contributed by atoms with Crippen LogP contribution in [0, 0.1) is 11.6 Å². The number of halogens is 2. The minimum Gasteiger partial charge on any atom is -0.440 e. The molecular weight excluding hydrogens is 390 g/mol. The number of hydrogen-bond acceptors (Lipinski definition) is 4. The molecular formula is C19H20F2N2O4S. The minimum absolute atomic E-state index is 0.0732. The first-order valence-electron chi connectivity index (χ1n) is 8.68. The summed E-state index contributed by atoms with van der Waals surface area (Å²) in [6, 6.07) is 9.07. The maximum atomic E-state index is 14.0. The molecule has 1 amide bonds. The fourth-order valence-electron chi connectivity index (χ4n) is 2.87. The average Bonchev–Trinajstić information content (AvgIpc) is 2.63. The molecule has 1 aliphatic heterocycles. The lowest BCUT2D eigenvalue weighted by Crippen LogP contribution is -2.53. The van der Waals surface area contributed by atoms with E-state index in [2.05, 4.69) is 10.0 Å². The molecule has 1 aliphatic rings. The Morgan fingerprint density at radius 3 is 2.43 bits per heavy atom. The molecule has 3 rings (SSSR count). The zero-order valence-electron chi connectivity index (χ0n) is 15.3. The highest BCUT2D eigenvalue weighted by molar-refractivity contribution is 7.90. The molecule has 2 unspecified atom stereocenters. The monoisotopic (exact) mass is 410 g/mol. The number of ether oxygens (including phenoxy) is 1. The Bertz CT molecular complexity index is 978. The van der Waals surface area contributed by atoms with Gasteiger partial charge in [-0.3, -0.25) is 0 Å². The number of carbonyl (C=O) groups excluding carboxylic acids is 1. The molecule has 0 bridgehead atoms. The molecule has 2 aromatic rings. The Balaban J connectivity index is 1.88. The highest BCUT2D eigenvalue weighted by Gasteiger charge is 2.35. The van der Waals surface area contributed by atoms with E-state index in [4.69, 9.17) is 4.74 Å². The highest BCUT2D eigenvalue weighted by Crippen LogP contribution is 2.29. The summed E-state index contributed by atoms with van der Waals surface area (Å²) in [6.07, 6.45) is -1.49. The van der Waals surface area contributed by atoms with Gasteiger partial charge in [-0.25, -0.2) is 26.7 Å². The molecule has 0 spiro atoms. The third-order valence-corrected chi connectivity index (χ3v) is 6.36. The van der Waals surface area contributed by atoms with Crippen molar-refractivity contribution in [3.05, 3.63) is 59.7 Å². The summed E-state index contributed by atoms with van der Waals surface area (Å²) in [5.74, 6) is -1.36. The predicted octanol–water partition coefficient (Wildman–Crippen LogP) is 3.11. The maximum Gasteiger partial charge on any atom is 0.407 e. The molecule has 6 nitrogen and oxygen atoms in total. The maximum absolute atomic E-state index is 14.0. The van der Waals surface area contributed by atoms with Crippen molar-refractivity contribution in [1.82, 2.24) is 10.0 Å². The van der Waals surface area contributed by atoms with Gasteiger partial charge in [-0.1, -0.05) is 24.3 Å². The van der Waals surface area contributed by atoms with Crippen LogP contribution in [0.25, 0.3) is 11.1 Å². The van der Waals surface area contributed by atoms with E-state index in [0.29, 0.717) is 11.1 Å². The number of hydrogen-bond donors (Lipinski definition) is 2. The third-order valence-electron chi connectivity index (χ3n) is 4.48. The van der Waals surface area contributed by atoms with Crippen molar-refractivity contribution in [2.24, 2.45) is 0 Å². The molecule has 0 aromatic heterocycles. The zero-order chi connectivity index (χ0) is 20.5. The molecule has 150 valence electrons. The normalized spacial score (nSPS) is 20.0.